The van der Waals surface area contributed by atoms with Gasteiger partial charge in [-0.1, -0.05) is 12.8 Å². The molecule has 0 amide bonds. The fraction of sp³-hybridized carbons (Fsp3) is 0.615. The molecule has 0 aliphatic carbocycles. The number of sulfone groups is 1. The monoisotopic (exact) mass is 315 g/mol. The van der Waals surface area contributed by atoms with Gasteiger partial charge in [0.25, 0.3) is 0 Å². The van der Waals surface area contributed by atoms with Crippen LogP contribution in [0.3, 0.4) is 0 Å². The first kappa shape index (κ1) is 15.3. The molecule has 1 aromatic heterocycles. The van der Waals surface area contributed by atoms with Crippen LogP contribution in [0, 0.1) is 0 Å². The maximum absolute atomic E-state index is 11.4. The van der Waals surface area contributed by atoms with E-state index < -0.39 is 9.84 Å². The van der Waals surface area contributed by atoms with E-state index in [1.165, 1.54) is 30.4 Å². The molecule has 20 heavy (non-hydrogen) atoms. The smallest absolute Gasteiger partial charge is 0.191 e. The average Bonchev–Trinajstić information content (AvgIpc) is 2.70. The largest absolute Gasteiger partial charge is 0.370 e. The van der Waals surface area contributed by atoms with Crippen LogP contribution in [0.4, 0.5) is 0 Å². The molecule has 0 aromatic carbocycles. The lowest BCUT2D eigenvalue weighted by atomic mass is 10.2. The van der Waals surface area contributed by atoms with Gasteiger partial charge in [0, 0.05) is 24.2 Å². The molecular weight excluding hydrogens is 294 g/mol. The standard InChI is InChI=1S/C13H21N3O2S2/c1-20(17,18)12-7-6-11(19-12)10-15-13(14)16-8-4-2-3-5-9-16/h6-7H,2-5,8-10H2,1H3,(H2,14,15). The van der Waals surface area contributed by atoms with Crippen LogP contribution in [0.25, 0.3) is 0 Å². The fourth-order valence-electron chi connectivity index (χ4n) is 2.20. The maximum atomic E-state index is 11.4. The van der Waals surface area contributed by atoms with Gasteiger partial charge in [0.1, 0.15) is 4.21 Å². The van der Waals surface area contributed by atoms with Gasteiger partial charge in [-0.05, 0) is 25.0 Å². The van der Waals surface area contributed by atoms with E-state index in [4.69, 9.17) is 5.73 Å². The highest BCUT2D eigenvalue weighted by Gasteiger charge is 2.12. The number of likely N-dealkylation sites (tertiary alicyclic amines) is 1. The second-order valence-corrected chi connectivity index (χ2v) is 8.48. The highest BCUT2D eigenvalue weighted by molar-refractivity contribution is 7.92. The predicted molar refractivity (Wildman–Crippen MR) is 82.8 cm³/mol. The lowest BCUT2D eigenvalue weighted by Crippen LogP contribution is -2.38. The molecule has 1 aliphatic rings. The van der Waals surface area contributed by atoms with Crippen LogP contribution in [0.5, 0.6) is 0 Å². The van der Waals surface area contributed by atoms with Gasteiger partial charge in [-0.15, -0.1) is 11.3 Å². The van der Waals surface area contributed by atoms with Crippen molar-refractivity contribution < 1.29 is 8.42 Å². The zero-order valence-corrected chi connectivity index (χ0v) is 13.3. The summed E-state index contributed by atoms with van der Waals surface area (Å²) < 4.78 is 23.2. The Bertz CT molecular complexity index is 570. The minimum absolute atomic E-state index is 0.385. The molecule has 5 nitrogen and oxygen atoms in total. The number of nitrogens with zero attached hydrogens (tertiary/aromatic N) is 2. The zero-order chi connectivity index (χ0) is 14.6. The summed E-state index contributed by atoms with van der Waals surface area (Å²) in [6.45, 7) is 2.38. The van der Waals surface area contributed by atoms with Crippen molar-refractivity contribution in [3.63, 3.8) is 0 Å². The van der Waals surface area contributed by atoms with Crippen LogP contribution >= 0.6 is 11.3 Å². The third-order valence-electron chi connectivity index (χ3n) is 3.33. The third kappa shape index (κ3) is 4.21. The van der Waals surface area contributed by atoms with Crippen molar-refractivity contribution in [1.29, 1.82) is 0 Å². The first-order valence-electron chi connectivity index (χ1n) is 6.80. The molecule has 0 atom stereocenters. The lowest BCUT2D eigenvalue weighted by Gasteiger charge is -2.20. The Hall–Kier alpha value is -1.08. The number of thiophene rings is 1. The van der Waals surface area contributed by atoms with Gasteiger partial charge in [0.05, 0.1) is 6.54 Å². The SMILES string of the molecule is CS(=O)(=O)c1ccc(CN=C(N)N2CCCCCC2)s1. The quantitative estimate of drug-likeness (QED) is 0.682. The third-order valence-corrected chi connectivity index (χ3v) is 6.22. The number of guanidine groups is 1. The van der Waals surface area contributed by atoms with E-state index in [0.717, 1.165) is 30.8 Å². The summed E-state index contributed by atoms with van der Waals surface area (Å²) in [5.41, 5.74) is 6.02. The van der Waals surface area contributed by atoms with Crippen LogP contribution in [0.15, 0.2) is 21.3 Å². The Morgan fingerprint density at radius 1 is 1.30 bits per heavy atom. The van der Waals surface area contributed by atoms with Crippen molar-refractivity contribution >= 4 is 27.1 Å². The topological polar surface area (TPSA) is 75.8 Å². The van der Waals surface area contributed by atoms with E-state index in [2.05, 4.69) is 9.89 Å². The lowest BCUT2D eigenvalue weighted by molar-refractivity contribution is 0.428. The number of hydrogen-bond acceptors (Lipinski definition) is 4. The van der Waals surface area contributed by atoms with Crippen molar-refractivity contribution in [2.24, 2.45) is 10.7 Å². The Kier molecular flexibility index (Phi) is 5.04. The van der Waals surface area contributed by atoms with E-state index in [0.29, 0.717) is 16.7 Å². The molecule has 7 heteroatoms. The Labute approximate surface area is 124 Å². The molecule has 1 saturated heterocycles. The predicted octanol–water partition coefficient (Wildman–Crippen LogP) is 1.84. The first-order valence-corrected chi connectivity index (χ1v) is 9.51. The summed E-state index contributed by atoms with van der Waals surface area (Å²) >= 11 is 1.26. The van der Waals surface area contributed by atoms with Crippen molar-refractivity contribution in [2.45, 2.75) is 36.4 Å². The summed E-state index contributed by atoms with van der Waals surface area (Å²) in [4.78, 5) is 7.43. The van der Waals surface area contributed by atoms with Gasteiger partial charge < -0.3 is 10.6 Å². The van der Waals surface area contributed by atoms with E-state index in [1.54, 1.807) is 12.1 Å². The Balaban J connectivity index is 1.99. The van der Waals surface area contributed by atoms with Crippen LogP contribution < -0.4 is 5.73 Å². The van der Waals surface area contributed by atoms with Crippen LogP contribution in [0.1, 0.15) is 30.6 Å². The fourth-order valence-corrected chi connectivity index (χ4v) is 4.10. The summed E-state index contributed by atoms with van der Waals surface area (Å²) in [5, 5.41) is 0. The molecule has 1 aliphatic heterocycles. The van der Waals surface area contributed by atoms with Crippen LogP contribution in [-0.2, 0) is 16.4 Å². The minimum atomic E-state index is -3.12. The summed E-state index contributed by atoms with van der Waals surface area (Å²) in [6.07, 6.45) is 6.05. The normalized spacial score (nSPS) is 18.1. The number of rotatable bonds is 3. The molecule has 0 bridgehead atoms. The van der Waals surface area contributed by atoms with Gasteiger partial charge in [-0.2, -0.15) is 0 Å². The summed E-state index contributed by atoms with van der Waals surface area (Å²) in [5.74, 6) is 0.571. The van der Waals surface area contributed by atoms with Gasteiger partial charge >= 0.3 is 0 Å². The first-order chi connectivity index (χ1) is 9.47. The van der Waals surface area contributed by atoms with Crippen molar-refractivity contribution in [3.05, 3.63) is 17.0 Å². The molecule has 112 valence electrons. The molecule has 0 radical (unpaired) electrons. The summed E-state index contributed by atoms with van der Waals surface area (Å²) in [7, 11) is -3.12. The second kappa shape index (κ2) is 6.58. The molecule has 0 unspecified atom stereocenters. The van der Waals surface area contributed by atoms with Crippen molar-refractivity contribution in [3.8, 4) is 0 Å². The molecular formula is C13H21N3O2S2. The van der Waals surface area contributed by atoms with E-state index in [-0.39, 0.29) is 0 Å². The molecule has 0 spiro atoms. The van der Waals surface area contributed by atoms with Crippen LogP contribution in [0.2, 0.25) is 0 Å². The van der Waals surface area contributed by atoms with Gasteiger partial charge in [-0.3, -0.25) is 0 Å². The van der Waals surface area contributed by atoms with Gasteiger partial charge in [0.2, 0.25) is 0 Å². The zero-order valence-electron chi connectivity index (χ0n) is 11.7. The highest BCUT2D eigenvalue weighted by Crippen LogP contribution is 2.22. The Morgan fingerprint density at radius 2 is 1.95 bits per heavy atom. The minimum Gasteiger partial charge on any atom is -0.370 e. The number of nitrogens with two attached hydrogens (primary N) is 1. The van der Waals surface area contributed by atoms with E-state index >= 15 is 0 Å². The maximum Gasteiger partial charge on any atom is 0.191 e. The summed E-state index contributed by atoms with van der Waals surface area (Å²) in [6, 6.07) is 3.44. The van der Waals surface area contributed by atoms with E-state index in [9.17, 15) is 8.42 Å². The second-order valence-electron chi connectivity index (χ2n) is 5.07. The van der Waals surface area contributed by atoms with Crippen molar-refractivity contribution in [1.82, 2.24) is 4.90 Å². The van der Waals surface area contributed by atoms with E-state index in [1.807, 2.05) is 0 Å². The molecule has 1 aromatic rings. The van der Waals surface area contributed by atoms with Crippen LogP contribution in [-0.4, -0.2) is 38.6 Å². The molecule has 2 rings (SSSR count). The molecule has 1 fully saturated rings. The Morgan fingerprint density at radius 3 is 2.50 bits per heavy atom. The molecule has 2 heterocycles. The average molecular weight is 315 g/mol. The van der Waals surface area contributed by atoms with Gasteiger partial charge in [0.15, 0.2) is 15.8 Å². The number of aliphatic imine (C=N–C) groups is 1. The van der Waals surface area contributed by atoms with Gasteiger partial charge in [-0.25, -0.2) is 13.4 Å². The van der Waals surface area contributed by atoms with Crippen molar-refractivity contribution in [2.75, 3.05) is 19.3 Å². The molecule has 2 N–H and O–H groups in total. The highest BCUT2D eigenvalue weighted by atomic mass is 32.2. The number of hydrogen-bond donors (Lipinski definition) is 1. The molecule has 0 saturated carbocycles.